The van der Waals surface area contributed by atoms with Gasteiger partial charge in [0.1, 0.15) is 18.2 Å². The van der Waals surface area contributed by atoms with Gasteiger partial charge in [-0.05, 0) is 54.8 Å². The molecule has 3 heteroatoms. The molecule has 1 N–H and O–H groups in total. The van der Waals surface area contributed by atoms with Gasteiger partial charge in [0.2, 0.25) is 0 Å². The zero-order chi connectivity index (χ0) is 17.2. The minimum absolute atomic E-state index is 0.558. The van der Waals surface area contributed by atoms with Gasteiger partial charge in [-0.3, -0.25) is 0 Å². The van der Waals surface area contributed by atoms with Gasteiger partial charge >= 0.3 is 0 Å². The van der Waals surface area contributed by atoms with E-state index in [4.69, 9.17) is 9.72 Å². The number of fused-ring (bicyclic) bond motifs is 1. The Hall–Kier alpha value is -3.07. The van der Waals surface area contributed by atoms with Gasteiger partial charge < -0.3 is 9.72 Å². The van der Waals surface area contributed by atoms with E-state index in [9.17, 15) is 0 Å². The summed E-state index contributed by atoms with van der Waals surface area (Å²) < 4.78 is 5.92. The van der Waals surface area contributed by atoms with Crippen molar-refractivity contribution >= 4 is 11.0 Å². The van der Waals surface area contributed by atoms with Gasteiger partial charge in [-0.2, -0.15) is 0 Å². The van der Waals surface area contributed by atoms with Crippen LogP contribution in [0.15, 0.2) is 66.7 Å². The zero-order valence-corrected chi connectivity index (χ0v) is 14.4. The van der Waals surface area contributed by atoms with Gasteiger partial charge in [0.15, 0.2) is 0 Å². The van der Waals surface area contributed by atoms with Gasteiger partial charge in [-0.1, -0.05) is 42.5 Å². The minimum Gasteiger partial charge on any atom is -0.489 e. The highest BCUT2D eigenvalue weighted by Gasteiger charge is 2.08. The van der Waals surface area contributed by atoms with E-state index in [2.05, 4.69) is 43.1 Å². The third-order valence-corrected chi connectivity index (χ3v) is 4.45. The van der Waals surface area contributed by atoms with Crippen molar-refractivity contribution in [1.29, 1.82) is 0 Å². The van der Waals surface area contributed by atoms with Crippen LogP contribution in [0, 0.1) is 13.8 Å². The first kappa shape index (κ1) is 15.5. The lowest BCUT2D eigenvalue weighted by molar-refractivity contribution is 0.306. The molecule has 0 unspecified atom stereocenters. The molecule has 0 amide bonds. The number of benzene rings is 3. The van der Waals surface area contributed by atoms with Crippen LogP contribution in [0.4, 0.5) is 0 Å². The number of rotatable bonds is 4. The maximum Gasteiger partial charge on any atom is 0.138 e. The summed E-state index contributed by atoms with van der Waals surface area (Å²) in [5.41, 5.74) is 6.76. The van der Waals surface area contributed by atoms with Crippen molar-refractivity contribution in [3.05, 3.63) is 83.4 Å². The molecule has 3 aromatic carbocycles. The molecule has 25 heavy (non-hydrogen) atoms. The van der Waals surface area contributed by atoms with Crippen LogP contribution in [0.25, 0.3) is 22.4 Å². The van der Waals surface area contributed by atoms with Gasteiger partial charge in [0.25, 0.3) is 0 Å². The van der Waals surface area contributed by atoms with Crippen LogP contribution in [0.2, 0.25) is 0 Å². The second-order valence-electron chi connectivity index (χ2n) is 6.34. The summed E-state index contributed by atoms with van der Waals surface area (Å²) in [5.74, 6) is 1.71. The molecule has 0 bridgehead atoms. The van der Waals surface area contributed by atoms with Crippen LogP contribution < -0.4 is 4.74 Å². The second kappa shape index (κ2) is 6.44. The van der Waals surface area contributed by atoms with Crippen LogP contribution in [0.3, 0.4) is 0 Å². The fourth-order valence-corrected chi connectivity index (χ4v) is 2.88. The van der Waals surface area contributed by atoms with Gasteiger partial charge in [0.05, 0.1) is 11.0 Å². The van der Waals surface area contributed by atoms with Gasteiger partial charge in [-0.15, -0.1) is 0 Å². The number of aromatic amines is 1. The largest absolute Gasteiger partial charge is 0.489 e. The smallest absolute Gasteiger partial charge is 0.138 e. The monoisotopic (exact) mass is 328 g/mol. The fraction of sp³-hybridized carbons (Fsp3) is 0.136. The van der Waals surface area contributed by atoms with Crippen molar-refractivity contribution in [1.82, 2.24) is 9.97 Å². The van der Waals surface area contributed by atoms with Crippen LogP contribution >= 0.6 is 0 Å². The Morgan fingerprint density at radius 3 is 2.52 bits per heavy atom. The average molecular weight is 328 g/mol. The molecule has 124 valence electrons. The van der Waals surface area contributed by atoms with E-state index in [0.717, 1.165) is 33.7 Å². The van der Waals surface area contributed by atoms with Crippen molar-refractivity contribution < 1.29 is 4.74 Å². The average Bonchev–Trinajstić information content (AvgIpc) is 3.04. The second-order valence-corrected chi connectivity index (χ2v) is 6.34. The number of aromatic nitrogens is 2. The predicted molar refractivity (Wildman–Crippen MR) is 102 cm³/mol. The summed E-state index contributed by atoms with van der Waals surface area (Å²) in [4.78, 5) is 8.15. The summed E-state index contributed by atoms with van der Waals surface area (Å²) in [6, 6.07) is 22.5. The molecular formula is C22H20N2O. The van der Waals surface area contributed by atoms with Gasteiger partial charge in [-0.25, -0.2) is 4.98 Å². The first-order valence-corrected chi connectivity index (χ1v) is 8.43. The summed E-state index contributed by atoms with van der Waals surface area (Å²) in [7, 11) is 0. The molecule has 1 heterocycles. The summed E-state index contributed by atoms with van der Waals surface area (Å²) in [6.45, 7) is 4.79. The highest BCUT2D eigenvalue weighted by molar-refractivity contribution is 5.81. The molecule has 0 saturated heterocycles. The predicted octanol–water partition coefficient (Wildman–Crippen LogP) is 5.43. The maximum absolute atomic E-state index is 5.92. The SMILES string of the molecule is Cc1cc2nc(-c3cccc(OCc4ccccc4)c3)[nH]c2cc1C. The third kappa shape index (κ3) is 3.26. The number of ether oxygens (including phenoxy) is 1. The quantitative estimate of drug-likeness (QED) is 0.543. The van der Waals surface area contributed by atoms with E-state index in [0.29, 0.717) is 6.61 Å². The number of hydrogen-bond donors (Lipinski definition) is 1. The highest BCUT2D eigenvalue weighted by Crippen LogP contribution is 2.26. The summed E-state index contributed by atoms with van der Waals surface area (Å²) in [6.07, 6.45) is 0. The molecule has 0 atom stereocenters. The normalized spacial score (nSPS) is 11.0. The zero-order valence-electron chi connectivity index (χ0n) is 14.4. The van der Waals surface area contributed by atoms with Crippen LogP contribution in [0.1, 0.15) is 16.7 Å². The summed E-state index contributed by atoms with van der Waals surface area (Å²) >= 11 is 0. The van der Waals surface area contributed by atoms with E-state index in [-0.39, 0.29) is 0 Å². The lowest BCUT2D eigenvalue weighted by Gasteiger charge is -2.07. The molecule has 0 aliphatic heterocycles. The number of hydrogen-bond acceptors (Lipinski definition) is 2. The lowest BCUT2D eigenvalue weighted by atomic mass is 10.1. The van der Waals surface area contributed by atoms with Crippen LogP contribution in [-0.4, -0.2) is 9.97 Å². The van der Waals surface area contributed by atoms with Crippen LogP contribution in [-0.2, 0) is 6.61 Å². The molecule has 4 aromatic rings. The Labute approximate surface area is 147 Å². The van der Waals surface area contributed by atoms with E-state index in [1.54, 1.807) is 0 Å². The molecule has 0 spiro atoms. The van der Waals surface area contributed by atoms with Crippen molar-refractivity contribution in [2.45, 2.75) is 20.5 Å². The molecule has 4 rings (SSSR count). The van der Waals surface area contributed by atoms with Crippen LogP contribution in [0.5, 0.6) is 5.75 Å². The molecule has 0 fully saturated rings. The summed E-state index contributed by atoms with van der Waals surface area (Å²) in [5, 5.41) is 0. The Bertz CT molecular complexity index is 980. The standard InChI is InChI=1S/C22H20N2O/c1-15-11-20-21(12-16(15)2)24-22(23-20)18-9-6-10-19(13-18)25-14-17-7-4-3-5-8-17/h3-13H,14H2,1-2H3,(H,23,24). The Morgan fingerprint density at radius 2 is 1.68 bits per heavy atom. The molecule has 3 nitrogen and oxygen atoms in total. The van der Waals surface area contributed by atoms with E-state index in [1.807, 2.05) is 42.5 Å². The fourth-order valence-electron chi connectivity index (χ4n) is 2.88. The molecule has 0 aliphatic carbocycles. The number of aryl methyl sites for hydroxylation is 2. The van der Waals surface area contributed by atoms with Crippen molar-refractivity contribution in [2.24, 2.45) is 0 Å². The number of imidazole rings is 1. The van der Waals surface area contributed by atoms with E-state index in [1.165, 1.54) is 11.1 Å². The molecule has 1 aromatic heterocycles. The first-order valence-electron chi connectivity index (χ1n) is 8.43. The first-order chi connectivity index (χ1) is 12.2. The van der Waals surface area contributed by atoms with Crippen molar-refractivity contribution in [3.63, 3.8) is 0 Å². The Balaban J connectivity index is 1.60. The third-order valence-electron chi connectivity index (χ3n) is 4.45. The maximum atomic E-state index is 5.92. The van der Waals surface area contributed by atoms with Crippen molar-refractivity contribution in [3.8, 4) is 17.1 Å². The topological polar surface area (TPSA) is 37.9 Å². The van der Waals surface area contributed by atoms with Crippen molar-refractivity contribution in [2.75, 3.05) is 0 Å². The van der Waals surface area contributed by atoms with E-state index < -0.39 is 0 Å². The minimum atomic E-state index is 0.558. The molecule has 0 radical (unpaired) electrons. The molecular weight excluding hydrogens is 308 g/mol. The lowest BCUT2D eigenvalue weighted by Crippen LogP contribution is -1.95. The Kier molecular flexibility index (Phi) is 3.98. The number of H-pyrrole nitrogens is 1. The highest BCUT2D eigenvalue weighted by atomic mass is 16.5. The molecule has 0 aliphatic rings. The van der Waals surface area contributed by atoms with Gasteiger partial charge in [0, 0.05) is 5.56 Å². The molecule has 0 saturated carbocycles. The number of nitrogens with zero attached hydrogens (tertiary/aromatic N) is 1. The van der Waals surface area contributed by atoms with E-state index >= 15 is 0 Å². The number of nitrogens with one attached hydrogen (secondary N) is 1. The Morgan fingerprint density at radius 1 is 0.880 bits per heavy atom.